The monoisotopic (exact) mass is 299 g/mol. The van der Waals surface area contributed by atoms with E-state index in [0.29, 0.717) is 0 Å². The number of nitrogens with one attached hydrogen (secondary N) is 1. The third-order valence-electron chi connectivity index (χ3n) is 4.60. The van der Waals surface area contributed by atoms with Crippen LogP contribution in [-0.2, 0) is 32.2 Å². The Bertz CT molecular complexity index is 626. The molecule has 0 saturated carbocycles. The van der Waals surface area contributed by atoms with Gasteiger partial charge in [0.15, 0.2) is 0 Å². The standard InChI is InChI=1S/C17H21N3S/c1-2-6-14-15(7-3-1)19-11-20-17(14)18-10-13-9-12-5-4-8-16(12)21-13/h9,11H,1-8,10H2,(H,18,19,20). The van der Waals surface area contributed by atoms with Crippen LogP contribution in [0.4, 0.5) is 5.82 Å². The van der Waals surface area contributed by atoms with Crippen LogP contribution in [0.15, 0.2) is 12.4 Å². The summed E-state index contributed by atoms with van der Waals surface area (Å²) in [5.41, 5.74) is 4.20. The molecule has 110 valence electrons. The summed E-state index contributed by atoms with van der Waals surface area (Å²) in [6.45, 7) is 0.904. The first kappa shape index (κ1) is 13.3. The molecule has 21 heavy (non-hydrogen) atoms. The number of hydrogen-bond acceptors (Lipinski definition) is 4. The normalized spacial score (nSPS) is 17.1. The predicted molar refractivity (Wildman–Crippen MR) is 87.0 cm³/mol. The number of nitrogens with zero attached hydrogens (tertiary/aromatic N) is 2. The van der Waals surface area contributed by atoms with Gasteiger partial charge in [0.25, 0.3) is 0 Å². The van der Waals surface area contributed by atoms with Gasteiger partial charge >= 0.3 is 0 Å². The molecule has 1 N–H and O–H groups in total. The quantitative estimate of drug-likeness (QED) is 0.873. The van der Waals surface area contributed by atoms with Crippen molar-refractivity contribution in [2.75, 3.05) is 5.32 Å². The predicted octanol–water partition coefficient (Wildman–Crippen LogP) is 3.91. The summed E-state index contributed by atoms with van der Waals surface area (Å²) in [7, 11) is 0. The third-order valence-corrected chi connectivity index (χ3v) is 5.84. The molecule has 0 saturated heterocycles. The van der Waals surface area contributed by atoms with Crippen LogP contribution in [0, 0.1) is 0 Å². The average Bonchev–Trinajstić information content (AvgIpc) is 2.98. The third kappa shape index (κ3) is 2.69. The van der Waals surface area contributed by atoms with E-state index in [1.807, 2.05) is 11.3 Å². The van der Waals surface area contributed by atoms with E-state index in [9.17, 15) is 0 Å². The molecule has 0 bridgehead atoms. The Balaban J connectivity index is 1.51. The highest BCUT2D eigenvalue weighted by molar-refractivity contribution is 7.12. The summed E-state index contributed by atoms with van der Waals surface area (Å²) in [5, 5.41) is 3.56. The largest absolute Gasteiger partial charge is 0.365 e. The van der Waals surface area contributed by atoms with Crippen LogP contribution in [0.3, 0.4) is 0 Å². The van der Waals surface area contributed by atoms with Crippen molar-refractivity contribution < 1.29 is 0 Å². The molecular weight excluding hydrogens is 278 g/mol. The first-order valence-corrected chi connectivity index (χ1v) is 8.89. The lowest BCUT2D eigenvalue weighted by Crippen LogP contribution is -2.07. The SMILES string of the molecule is c1nc2c(c(NCc3cc4c(s3)CCC4)n1)CCCCC2. The van der Waals surface area contributed by atoms with Gasteiger partial charge in [-0.1, -0.05) is 6.42 Å². The molecule has 2 aliphatic carbocycles. The molecular formula is C17H21N3S. The van der Waals surface area contributed by atoms with Gasteiger partial charge in [0.2, 0.25) is 0 Å². The van der Waals surface area contributed by atoms with Gasteiger partial charge in [-0.05, 0) is 56.6 Å². The van der Waals surface area contributed by atoms with Gasteiger partial charge in [-0.2, -0.15) is 0 Å². The van der Waals surface area contributed by atoms with E-state index in [1.54, 1.807) is 16.8 Å². The number of anilines is 1. The molecule has 0 atom stereocenters. The van der Waals surface area contributed by atoms with Gasteiger partial charge in [-0.25, -0.2) is 9.97 Å². The maximum Gasteiger partial charge on any atom is 0.133 e. The van der Waals surface area contributed by atoms with Crippen molar-refractivity contribution in [1.29, 1.82) is 0 Å². The van der Waals surface area contributed by atoms with Crippen LogP contribution in [0.1, 0.15) is 52.3 Å². The van der Waals surface area contributed by atoms with Crippen molar-refractivity contribution in [3.05, 3.63) is 39.0 Å². The second kappa shape index (κ2) is 5.76. The Hall–Kier alpha value is -1.42. The number of thiophene rings is 1. The Kier molecular flexibility index (Phi) is 3.63. The number of aromatic nitrogens is 2. The molecule has 0 amide bonds. The number of rotatable bonds is 3. The molecule has 0 unspecified atom stereocenters. The lowest BCUT2D eigenvalue weighted by molar-refractivity contribution is 0.709. The minimum atomic E-state index is 0.904. The van der Waals surface area contributed by atoms with E-state index in [1.165, 1.54) is 54.7 Å². The van der Waals surface area contributed by atoms with E-state index in [2.05, 4.69) is 21.4 Å². The first-order chi connectivity index (χ1) is 10.4. The van der Waals surface area contributed by atoms with Crippen LogP contribution in [0.2, 0.25) is 0 Å². The molecule has 0 aliphatic heterocycles. The van der Waals surface area contributed by atoms with Crippen LogP contribution in [-0.4, -0.2) is 9.97 Å². The smallest absolute Gasteiger partial charge is 0.133 e. The number of hydrogen-bond donors (Lipinski definition) is 1. The molecule has 2 aromatic heterocycles. The van der Waals surface area contributed by atoms with Crippen LogP contribution < -0.4 is 5.32 Å². The molecule has 0 aromatic carbocycles. The summed E-state index contributed by atoms with van der Waals surface area (Å²) in [5.74, 6) is 1.07. The summed E-state index contributed by atoms with van der Waals surface area (Å²) in [6.07, 6.45) is 11.7. The average molecular weight is 299 g/mol. The fourth-order valence-corrected chi connectivity index (χ4v) is 4.70. The Morgan fingerprint density at radius 3 is 2.90 bits per heavy atom. The molecule has 0 fully saturated rings. The van der Waals surface area contributed by atoms with Gasteiger partial charge in [0.1, 0.15) is 12.1 Å². The molecule has 2 aliphatic rings. The van der Waals surface area contributed by atoms with Crippen molar-refractivity contribution in [3.63, 3.8) is 0 Å². The fraction of sp³-hybridized carbons (Fsp3) is 0.529. The number of aryl methyl sites for hydroxylation is 3. The van der Waals surface area contributed by atoms with Crippen molar-refractivity contribution in [3.8, 4) is 0 Å². The molecule has 3 nitrogen and oxygen atoms in total. The van der Waals surface area contributed by atoms with E-state index in [4.69, 9.17) is 0 Å². The van der Waals surface area contributed by atoms with Gasteiger partial charge in [0, 0.05) is 21.0 Å². The van der Waals surface area contributed by atoms with Crippen molar-refractivity contribution >= 4 is 17.2 Å². The topological polar surface area (TPSA) is 37.8 Å². The Morgan fingerprint density at radius 1 is 1.00 bits per heavy atom. The van der Waals surface area contributed by atoms with E-state index in [-0.39, 0.29) is 0 Å². The zero-order chi connectivity index (χ0) is 14.1. The molecule has 4 rings (SSSR count). The maximum atomic E-state index is 4.49. The minimum Gasteiger partial charge on any atom is -0.365 e. The number of fused-ring (bicyclic) bond motifs is 2. The van der Waals surface area contributed by atoms with E-state index < -0.39 is 0 Å². The highest BCUT2D eigenvalue weighted by Crippen LogP contribution is 2.31. The van der Waals surface area contributed by atoms with Gasteiger partial charge in [-0.15, -0.1) is 11.3 Å². The maximum absolute atomic E-state index is 4.49. The van der Waals surface area contributed by atoms with Crippen molar-refractivity contribution in [2.45, 2.75) is 57.9 Å². The van der Waals surface area contributed by atoms with Crippen molar-refractivity contribution in [1.82, 2.24) is 9.97 Å². The van der Waals surface area contributed by atoms with Crippen molar-refractivity contribution in [2.24, 2.45) is 0 Å². The van der Waals surface area contributed by atoms with Gasteiger partial charge in [0.05, 0.1) is 6.54 Å². The van der Waals surface area contributed by atoms with Gasteiger partial charge in [-0.3, -0.25) is 0 Å². The van der Waals surface area contributed by atoms with E-state index in [0.717, 1.165) is 25.2 Å². The summed E-state index contributed by atoms with van der Waals surface area (Å²) in [6, 6.07) is 2.39. The molecule has 0 radical (unpaired) electrons. The molecule has 2 aromatic rings. The lowest BCUT2D eigenvalue weighted by atomic mass is 10.1. The minimum absolute atomic E-state index is 0.904. The molecule has 4 heteroatoms. The zero-order valence-corrected chi connectivity index (χ0v) is 13.1. The summed E-state index contributed by atoms with van der Waals surface area (Å²) < 4.78 is 0. The van der Waals surface area contributed by atoms with Gasteiger partial charge < -0.3 is 5.32 Å². The second-order valence-electron chi connectivity index (χ2n) is 6.08. The summed E-state index contributed by atoms with van der Waals surface area (Å²) >= 11 is 1.98. The molecule has 2 heterocycles. The fourth-order valence-electron chi connectivity index (χ4n) is 3.50. The molecule has 0 spiro atoms. The zero-order valence-electron chi connectivity index (χ0n) is 12.3. The highest BCUT2D eigenvalue weighted by atomic mass is 32.1. The second-order valence-corrected chi connectivity index (χ2v) is 7.30. The van der Waals surface area contributed by atoms with E-state index >= 15 is 0 Å². The summed E-state index contributed by atoms with van der Waals surface area (Å²) in [4.78, 5) is 12.0. The van der Waals surface area contributed by atoms with Crippen LogP contribution in [0.25, 0.3) is 0 Å². The Labute approximate surface area is 129 Å². The van der Waals surface area contributed by atoms with Crippen LogP contribution in [0.5, 0.6) is 0 Å². The lowest BCUT2D eigenvalue weighted by Gasteiger charge is -2.11. The first-order valence-electron chi connectivity index (χ1n) is 8.07. The van der Waals surface area contributed by atoms with Crippen LogP contribution >= 0.6 is 11.3 Å². The Morgan fingerprint density at radius 2 is 1.95 bits per heavy atom. The highest BCUT2D eigenvalue weighted by Gasteiger charge is 2.16.